The number of aliphatic hydroxyl groups excluding tert-OH is 1. The first-order chi connectivity index (χ1) is 22.0. The van der Waals surface area contributed by atoms with E-state index >= 15 is 0 Å². The molecule has 0 rings (SSSR count). The van der Waals surface area contributed by atoms with Gasteiger partial charge in [0.05, 0.1) is 12.6 Å². The molecule has 0 heterocycles. The maximum absolute atomic E-state index is 13.3. The molecule has 0 saturated carbocycles. The van der Waals surface area contributed by atoms with Crippen molar-refractivity contribution in [2.75, 3.05) is 19.7 Å². The second kappa shape index (κ2) is 22.3. The molecule has 266 valence electrons. The summed E-state index contributed by atoms with van der Waals surface area (Å²) in [6.45, 7) is -0.765. The van der Waals surface area contributed by atoms with Crippen molar-refractivity contribution >= 4 is 53.5 Å². The molecule has 0 radical (unpaired) electrons. The van der Waals surface area contributed by atoms with Gasteiger partial charge in [-0.1, -0.05) is 0 Å². The van der Waals surface area contributed by atoms with Crippen LogP contribution in [0.1, 0.15) is 51.4 Å². The van der Waals surface area contributed by atoms with Crippen LogP contribution in [-0.2, 0) is 33.6 Å². The fourth-order valence-electron chi connectivity index (χ4n) is 3.82. The van der Waals surface area contributed by atoms with Crippen molar-refractivity contribution in [1.29, 1.82) is 10.8 Å². The van der Waals surface area contributed by atoms with Gasteiger partial charge in [-0.25, -0.2) is 4.79 Å². The van der Waals surface area contributed by atoms with Crippen molar-refractivity contribution < 1.29 is 54.0 Å². The average molecular weight is 676 g/mol. The van der Waals surface area contributed by atoms with Gasteiger partial charge in [-0.05, 0) is 38.5 Å². The molecular weight excluding hydrogens is 630 g/mol. The number of carbonyl (C=O) groups excluding carboxylic acids is 4. The molecule has 0 spiro atoms. The van der Waals surface area contributed by atoms with E-state index in [0.29, 0.717) is 0 Å². The Morgan fingerprint density at radius 2 is 0.957 bits per heavy atom. The monoisotopic (exact) mass is 675 g/mol. The summed E-state index contributed by atoms with van der Waals surface area (Å²) in [5, 5.41) is 65.5. The summed E-state index contributed by atoms with van der Waals surface area (Å²) in [6.07, 6.45) is -1.80. The molecular formula is C25H45N11O11. The zero-order chi connectivity index (χ0) is 36.1. The fraction of sp³-hybridized carbons (Fsp3) is 0.640. The Hall–Kier alpha value is -5.25. The fourth-order valence-corrected chi connectivity index (χ4v) is 3.82. The number of carboxylic acids is 3. The summed E-state index contributed by atoms with van der Waals surface area (Å²) < 4.78 is 0. The lowest BCUT2D eigenvalue weighted by molar-refractivity contribution is -0.143. The summed E-state index contributed by atoms with van der Waals surface area (Å²) in [7, 11) is 0. The van der Waals surface area contributed by atoms with Gasteiger partial charge in [-0.15, -0.1) is 0 Å². The molecule has 22 nitrogen and oxygen atoms in total. The Balaban J connectivity index is 5.86. The lowest BCUT2D eigenvalue weighted by atomic mass is 10.1. The van der Waals surface area contributed by atoms with Crippen LogP contribution in [0.2, 0.25) is 0 Å². The Bertz CT molecular complexity index is 1140. The van der Waals surface area contributed by atoms with Crippen molar-refractivity contribution in [3.8, 4) is 0 Å². The molecule has 0 fully saturated rings. The van der Waals surface area contributed by atoms with E-state index in [1.54, 1.807) is 0 Å². The Labute approximate surface area is 268 Å². The highest BCUT2D eigenvalue weighted by Gasteiger charge is 2.32. The molecule has 4 amide bonds. The number of carbonyl (C=O) groups is 7. The Morgan fingerprint density at radius 1 is 0.574 bits per heavy atom. The van der Waals surface area contributed by atoms with Gasteiger partial charge in [0, 0.05) is 25.9 Å². The van der Waals surface area contributed by atoms with E-state index in [4.69, 9.17) is 38.2 Å². The van der Waals surface area contributed by atoms with E-state index in [9.17, 15) is 43.8 Å². The molecule has 0 aliphatic rings. The van der Waals surface area contributed by atoms with Crippen molar-refractivity contribution in [3.05, 3.63) is 0 Å². The molecule has 22 heteroatoms. The van der Waals surface area contributed by atoms with Crippen LogP contribution in [-0.4, -0.2) is 124 Å². The molecule has 0 saturated heterocycles. The highest BCUT2D eigenvalue weighted by atomic mass is 16.4. The first kappa shape index (κ1) is 41.8. The van der Waals surface area contributed by atoms with Crippen LogP contribution in [0, 0.1) is 10.8 Å². The van der Waals surface area contributed by atoms with Gasteiger partial charge in [0.15, 0.2) is 11.9 Å². The van der Waals surface area contributed by atoms with E-state index in [1.165, 1.54) is 0 Å². The molecule has 0 bridgehead atoms. The largest absolute Gasteiger partial charge is 0.481 e. The molecule has 47 heavy (non-hydrogen) atoms. The standard InChI is InChI=1S/C25H45N11O11/c26-12(5-7-17(38)39)19(42)36-16(11-37)22(45)33-13(3-1-9-31-24(27)28)20(43)34-14(6-8-18(40)41)21(44)35-15(23(46)47)4-2-10-32-25(29)30/h12-16,37H,1-11,26H2,(H,33,45)(H,34,43)(H,35,44)(H,36,42)(H,38,39)(H,40,41)(H,46,47)(H4,27,28,31)(H4,29,30,32)/t12-,13-,14-,15-,16-/m0/s1. The van der Waals surface area contributed by atoms with Crippen LogP contribution >= 0.6 is 0 Å². The van der Waals surface area contributed by atoms with Gasteiger partial charge in [-0.3, -0.25) is 39.6 Å². The minimum atomic E-state index is -1.64. The summed E-state index contributed by atoms with van der Waals surface area (Å²) in [6, 6.07) is -7.46. The number of carboxylic acid groups (broad SMARTS) is 3. The van der Waals surface area contributed by atoms with Gasteiger partial charge < -0.3 is 69.5 Å². The number of nitrogens with two attached hydrogens (primary N) is 3. The van der Waals surface area contributed by atoms with Crippen LogP contribution in [0.15, 0.2) is 0 Å². The number of amides is 4. The number of hydrogen-bond acceptors (Lipinski definition) is 11. The van der Waals surface area contributed by atoms with Crippen molar-refractivity contribution in [3.63, 3.8) is 0 Å². The van der Waals surface area contributed by atoms with Crippen molar-refractivity contribution in [2.45, 2.75) is 81.6 Å². The quantitative estimate of drug-likeness (QED) is 0.0258. The van der Waals surface area contributed by atoms with E-state index in [-0.39, 0.29) is 57.1 Å². The van der Waals surface area contributed by atoms with Crippen molar-refractivity contribution in [2.24, 2.45) is 17.2 Å². The average Bonchev–Trinajstić information content (AvgIpc) is 2.98. The first-order valence-corrected chi connectivity index (χ1v) is 14.4. The normalized spacial score (nSPS) is 13.7. The van der Waals surface area contributed by atoms with Gasteiger partial charge in [0.1, 0.15) is 24.2 Å². The van der Waals surface area contributed by atoms with Crippen LogP contribution < -0.4 is 49.1 Å². The summed E-state index contributed by atoms with van der Waals surface area (Å²) in [5.74, 6) is -8.76. The highest BCUT2D eigenvalue weighted by molar-refractivity contribution is 5.95. The van der Waals surface area contributed by atoms with Crippen LogP contribution in [0.5, 0.6) is 0 Å². The number of aliphatic hydroxyl groups is 1. The van der Waals surface area contributed by atoms with E-state index in [0.717, 1.165) is 0 Å². The third kappa shape index (κ3) is 19.0. The van der Waals surface area contributed by atoms with Crippen molar-refractivity contribution in [1.82, 2.24) is 31.9 Å². The lowest BCUT2D eigenvalue weighted by Gasteiger charge is -2.26. The smallest absolute Gasteiger partial charge is 0.326 e. The SMILES string of the molecule is N=C(N)NCCC[C@H](NC(=O)[C@H](CCC(=O)O)NC(=O)[C@H](CCCNC(=N)N)NC(=O)[C@H](CO)NC(=O)[C@@H](N)CCC(=O)O)C(=O)O. The van der Waals surface area contributed by atoms with Gasteiger partial charge in [0.25, 0.3) is 0 Å². The highest BCUT2D eigenvalue weighted by Crippen LogP contribution is 2.06. The van der Waals surface area contributed by atoms with E-state index in [1.807, 2.05) is 0 Å². The third-order valence-electron chi connectivity index (χ3n) is 6.32. The Morgan fingerprint density at radius 3 is 1.38 bits per heavy atom. The minimum Gasteiger partial charge on any atom is -0.481 e. The van der Waals surface area contributed by atoms with Gasteiger partial charge >= 0.3 is 17.9 Å². The summed E-state index contributed by atoms with van der Waals surface area (Å²) in [4.78, 5) is 85.4. The van der Waals surface area contributed by atoms with Crippen LogP contribution in [0.25, 0.3) is 0 Å². The van der Waals surface area contributed by atoms with E-state index in [2.05, 4.69) is 31.9 Å². The van der Waals surface area contributed by atoms with Gasteiger partial charge in [-0.2, -0.15) is 0 Å². The molecule has 0 aromatic rings. The second-order valence-corrected chi connectivity index (χ2v) is 10.2. The molecule has 0 aromatic heterocycles. The molecule has 0 unspecified atom stereocenters. The maximum Gasteiger partial charge on any atom is 0.326 e. The zero-order valence-corrected chi connectivity index (χ0v) is 25.5. The molecule has 0 aliphatic heterocycles. The minimum absolute atomic E-state index is 0.0648. The molecule has 5 atom stereocenters. The number of hydrogen-bond donors (Lipinski definition) is 15. The van der Waals surface area contributed by atoms with Crippen LogP contribution in [0.3, 0.4) is 0 Å². The van der Waals surface area contributed by atoms with Gasteiger partial charge in [0.2, 0.25) is 23.6 Å². The summed E-state index contributed by atoms with van der Waals surface area (Å²) in [5.41, 5.74) is 16.1. The number of rotatable bonds is 24. The van der Waals surface area contributed by atoms with Crippen LogP contribution in [0.4, 0.5) is 0 Å². The molecule has 18 N–H and O–H groups in total. The second-order valence-electron chi connectivity index (χ2n) is 10.2. The maximum atomic E-state index is 13.3. The molecule has 0 aliphatic carbocycles. The predicted molar refractivity (Wildman–Crippen MR) is 162 cm³/mol. The number of nitrogens with one attached hydrogen (secondary N) is 8. The topological polar surface area (TPSA) is 398 Å². The summed E-state index contributed by atoms with van der Waals surface area (Å²) >= 11 is 0. The first-order valence-electron chi connectivity index (χ1n) is 14.4. The third-order valence-corrected chi connectivity index (χ3v) is 6.32. The lowest BCUT2D eigenvalue weighted by Crippen LogP contribution is -2.59. The zero-order valence-electron chi connectivity index (χ0n) is 25.5. The number of guanidine groups is 2. The Kier molecular flexibility index (Phi) is 19.8. The number of aliphatic carboxylic acids is 3. The molecule has 0 aromatic carbocycles. The van der Waals surface area contributed by atoms with E-state index < -0.39 is 97.6 Å². The predicted octanol–water partition coefficient (Wildman–Crippen LogP) is -5.41.